The van der Waals surface area contributed by atoms with E-state index in [0.29, 0.717) is 22.3 Å². The number of ketones is 4. The molecule has 0 unspecified atom stereocenters. The molecule has 0 radical (unpaired) electrons. The molecular weight excluding hydrogens is 375 g/mol. The van der Waals surface area contributed by atoms with Crippen molar-refractivity contribution in [1.82, 2.24) is 0 Å². The molecule has 0 N–H and O–H groups in total. The molecule has 0 bridgehead atoms. The van der Waals surface area contributed by atoms with Gasteiger partial charge in [0.2, 0.25) is 0 Å². The van der Waals surface area contributed by atoms with Gasteiger partial charge in [-0.3, -0.25) is 19.2 Å². The topological polar surface area (TPSA) is 68.3 Å². The maximum Gasteiger partial charge on any atom is 0.194 e. The zero-order valence-electron chi connectivity index (χ0n) is 13.7. The van der Waals surface area contributed by atoms with Gasteiger partial charge < -0.3 is 0 Å². The average molecular weight is 389 g/mol. The van der Waals surface area contributed by atoms with Crippen LogP contribution in [0.3, 0.4) is 0 Å². The lowest BCUT2D eigenvalue weighted by Crippen LogP contribution is -2.22. The van der Waals surface area contributed by atoms with Crippen LogP contribution in [0.1, 0.15) is 43.0 Å². The molecule has 1 aliphatic rings. The van der Waals surface area contributed by atoms with Gasteiger partial charge in [-0.1, -0.05) is 24.3 Å². The van der Waals surface area contributed by atoms with Crippen molar-refractivity contribution in [2.75, 3.05) is 11.8 Å². The maximum atomic E-state index is 12.9. The van der Waals surface area contributed by atoms with Crippen LogP contribution in [0.5, 0.6) is 0 Å². The largest absolute Gasteiger partial charge is 0.298 e. The first-order chi connectivity index (χ1) is 12.4. The van der Waals surface area contributed by atoms with E-state index in [2.05, 4.69) is 0 Å². The number of hydrogen-bond donors (Lipinski definition) is 0. The molecular formula is C20H14Cl2O4. The van der Waals surface area contributed by atoms with E-state index >= 15 is 0 Å². The second kappa shape index (κ2) is 7.52. The fourth-order valence-electron chi connectivity index (χ4n) is 3.01. The lowest BCUT2D eigenvalue weighted by molar-refractivity contribution is -0.116. The molecule has 0 aliphatic heterocycles. The maximum absolute atomic E-state index is 12.9. The third kappa shape index (κ3) is 3.48. The molecule has 0 saturated heterocycles. The molecule has 6 heteroatoms. The highest BCUT2D eigenvalue weighted by molar-refractivity contribution is 6.29. The third-order valence-electron chi connectivity index (χ3n) is 4.25. The summed E-state index contributed by atoms with van der Waals surface area (Å²) in [4.78, 5) is 48.7. The first-order valence-electron chi connectivity index (χ1n) is 7.95. The Morgan fingerprint density at radius 3 is 1.42 bits per heavy atom. The summed E-state index contributed by atoms with van der Waals surface area (Å²) in [7, 11) is 0. The number of fused-ring (bicyclic) bond motifs is 2. The van der Waals surface area contributed by atoms with Gasteiger partial charge in [0.05, 0.1) is 11.8 Å². The van der Waals surface area contributed by atoms with Gasteiger partial charge in [-0.15, -0.1) is 23.2 Å². The summed E-state index contributed by atoms with van der Waals surface area (Å²) >= 11 is 11.1. The van der Waals surface area contributed by atoms with Gasteiger partial charge in [-0.25, -0.2) is 0 Å². The van der Waals surface area contributed by atoms with Crippen LogP contribution in [0.15, 0.2) is 36.4 Å². The Labute approximate surface area is 160 Å². The highest BCUT2D eigenvalue weighted by Gasteiger charge is 2.30. The van der Waals surface area contributed by atoms with Gasteiger partial charge in [0.25, 0.3) is 0 Å². The Morgan fingerprint density at radius 1 is 0.654 bits per heavy atom. The minimum absolute atomic E-state index is 0.106. The van der Waals surface area contributed by atoms with E-state index in [1.54, 1.807) is 36.4 Å². The molecule has 0 heterocycles. The van der Waals surface area contributed by atoms with Gasteiger partial charge in [0, 0.05) is 35.1 Å². The standard InChI is InChI=1S/C20H14Cl2O4/c21-9-13(23)5-11-1-3-15-17(7-11)20(26)18-8-12(6-14(24)10-22)2-4-16(18)19(15)25/h1-4,7-8H,5-6,9-10H2. The van der Waals surface area contributed by atoms with E-state index in [1.165, 1.54) is 0 Å². The summed E-state index contributed by atoms with van der Waals surface area (Å²) in [6.45, 7) is 0. The van der Waals surface area contributed by atoms with Crippen molar-refractivity contribution in [3.05, 3.63) is 69.8 Å². The van der Waals surface area contributed by atoms with Crippen molar-refractivity contribution in [2.45, 2.75) is 12.8 Å². The van der Waals surface area contributed by atoms with Crippen molar-refractivity contribution in [1.29, 1.82) is 0 Å². The average Bonchev–Trinajstić information content (AvgIpc) is 2.65. The van der Waals surface area contributed by atoms with E-state index in [0.717, 1.165) is 0 Å². The van der Waals surface area contributed by atoms with Crippen LogP contribution in [0.4, 0.5) is 0 Å². The Hall–Kier alpha value is -2.30. The molecule has 1 aliphatic carbocycles. The van der Waals surface area contributed by atoms with Crippen LogP contribution < -0.4 is 0 Å². The third-order valence-corrected chi connectivity index (χ3v) is 4.84. The quantitative estimate of drug-likeness (QED) is 0.608. The minimum atomic E-state index is -0.296. The molecule has 0 aromatic heterocycles. The Morgan fingerprint density at radius 2 is 1.04 bits per heavy atom. The Balaban J connectivity index is 2.01. The van der Waals surface area contributed by atoms with Gasteiger partial charge in [-0.2, -0.15) is 0 Å². The fraction of sp³-hybridized carbons (Fsp3) is 0.200. The van der Waals surface area contributed by atoms with Crippen molar-refractivity contribution in [3.63, 3.8) is 0 Å². The normalized spacial score (nSPS) is 12.5. The molecule has 132 valence electrons. The van der Waals surface area contributed by atoms with Crippen LogP contribution in [0.25, 0.3) is 0 Å². The van der Waals surface area contributed by atoms with Crippen LogP contribution in [0, 0.1) is 0 Å². The highest BCUT2D eigenvalue weighted by atomic mass is 35.5. The molecule has 0 spiro atoms. The molecule has 0 saturated carbocycles. The molecule has 0 amide bonds. The predicted molar refractivity (Wildman–Crippen MR) is 98.6 cm³/mol. The summed E-state index contributed by atoms with van der Waals surface area (Å²) in [5.41, 5.74) is 2.43. The van der Waals surface area contributed by atoms with E-state index in [-0.39, 0.29) is 58.9 Å². The number of hydrogen-bond acceptors (Lipinski definition) is 4. The number of carbonyl (C=O) groups excluding carboxylic acids is 4. The SMILES string of the molecule is O=C(CCl)Cc1ccc2c(c1)C(=O)c1cc(CC(=O)CCl)ccc1C2=O. The first kappa shape index (κ1) is 18.5. The molecule has 2 aromatic rings. The number of rotatable bonds is 6. The van der Waals surface area contributed by atoms with Gasteiger partial charge in [0.1, 0.15) is 0 Å². The number of carbonyl (C=O) groups is 4. The van der Waals surface area contributed by atoms with Gasteiger partial charge >= 0.3 is 0 Å². The smallest absolute Gasteiger partial charge is 0.194 e. The van der Waals surface area contributed by atoms with Crippen molar-refractivity contribution < 1.29 is 19.2 Å². The van der Waals surface area contributed by atoms with Crippen molar-refractivity contribution in [2.24, 2.45) is 0 Å². The lowest BCUT2D eigenvalue weighted by Gasteiger charge is -2.19. The van der Waals surface area contributed by atoms with E-state index in [1.807, 2.05) is 0 Å². The number of alkyl halides is 2. The zero-order valence-corrected chi connectivity index (χ0v) is 15.2. The Kier molecular flexibility index (Phi) is 5.35. The van der Waals surface area contributed by atoms with E-state index < -0.39 is 0 Å². The van der Waals surface area contributed by atoms with Crippen LogP contribution in [0.2, 0.25) is 0 Å². The fourth-order valence-corrected chi connectivity index (χ4v) is 3.20. The number of Topliss-reactive ketones (excluding diaryl/α,β-unsaturated/α-hetero) is 2. The monoisotopic (exact) mass is 388 g/mol. The molecule has 0 fully saturated rings. The molecule has 4 nitrogen and oxygen atoms in total. The second-order valence-corrected chi connectivity index (χ2v) is 6.65. The zero-order chi connectivity index (χ0) is 18.8. The number of benzene rings is 2. The summed E-state index contributed by atoms with van der Waals surface area (Å²) in [5, 5.41) is 0. The summed E-state index contributed by atoms with van der Waals surface area (Å²) in [6.07, 6.45) is 0.213. The van der Waals surface area contributed by atoms with E-state index in [9.17, 15) is 19.2 Å². The van der Waals surface area contributed by atoms with Crippen LogP contribution >= 0.6 is 23.2 Å². The summed E-state index contributed by atoms with van der Waals surface area (Å²) < 4.78 is 0. The lowest BCUT2D eigenvalue weighted by atomic mass is 9.82. The van der Waals surface area contributed by atoms with Crippen LogP contribution in [-0.2, 0) is 22.4 Å². The highest BCUT2D eigenvalue weighted by Crippen LogP contribution is 2.29. The second-order valence-electron chi connectivity index (χ2n) is 6.12. The van der Waals surface area contributed by atoms with Crippen molar-refractivity contribution >= 4 is 46.3 Å². The Bertz CT molecular complexity index is 873. The number of halogens is 2. The van der Waals surface area contributed by atoms with E-state index in [4.69, 9.17) is 23.2 Å². The predicted octanol–water partition coefficient (Wildman–Crippen LogP) is 3.16. The summed E-state index contributed by atoms with van der Waals surface area (Å²) in [6, 6.07) is 9.60. The molecule has 26 heavy (non-hydrogen) atoms. The molecule has 3 rings (SSSR count). The van der Waals surface area contributed by atoms with Gasteiger partial charge in [-0.05, 0) is 23.3 Å². The molecule has 0 atom stereocenters. The summed E-state index contributed by atoms with van der Waals surface area (Å²) in [5.74, 6) is -1.09. The first-order valence-corrected chi connectivity index (χ1v) is 9.02. The van der Waals surface area contributed by atoms with Crippen molar-refractivity contribution in [3.8, 4) is 0 Å². The van der Waals surface area contributed by atoms with Crippen LogP contribution in [-0.4, -0.2) is 34.9 Å². The van der Waals surface area contributed by atoms with Gasteiger partial charge in [0.15, 0.2) is 23.1 Å². The minimum Gasteiger partial charge on any atom is -0.298 e. The molecule has 2 aromatic carbocycles.